The van der Waals surface area contributed by atoms with Gasteiger partial charge in [-0.2, -0.15) is 4.31 Å². The average Bonchev–Trinajstić information content (AvgIpc) is 3.00. The summed E-state index contributed by atoms with van der Waals surface area (Å²) in [6, 6.07) is 12.0. The van der Waals surface area contributed by atoms with Crippen molar-refractivity contribution < 1.29 is 27.4 Å². The van der Waals surface area contributed by atoms with Crippen LogP contribution in [0, 0.1) is 0 Å². The third-order valence-corrected chi connectivity index (χ3v) is 7.50. The van der Waals surface area contributed by atoms with Crippen LogP contribution in [0.3, 0.4) is 0 Å². The Balaban J connectivity index is 1.39. The van der Waals surface area contributed by atoms with Crippen LogP contribution in [0.25, 0.3) is 0 Å². The molecule has 0 unspecified atom stereocenters. The maximum atomic E-state index is 13.1. The van der Waals surface area contributed by atoms with Gasteiger partial charge >= 0.3 is 5.97 Å². The van der Waals surface area contributed by atoms with E-state index in [2.05, 4.69) is 0 Å². The Kier molecular flexibility index (Phi) is 3.89. The zero-order valence-electron chi connectivity index (χ0n) is 15.1. The molecule has 28 heavy (non-hydrogen) atoms. The first-order chi connectivity index (χ1) is 13.5. The molecular formula is C20H19NO6S. The van der Waals surface area contributed by atoms with E-state index in [9.17, 15) is 13.2 Å². The number of fused-ring (bicyclic) bond motifs is 3. The largest absolute Gasteiger partial charge is 0.486 e. The first kappa shape index (κ1) is 17.5. The standard InChI is InChI=1S/C20H19NO6S/c22-19-15-3-1-2-4-16(15)20(27-19)7-9-21(10-8-20)28(23,24)14-5-6-17-18(13-14)26-12-11-25-17/h1-6,13H,7-12H2. The number of carbonyl (C=O) groups excluding carboxylic acids is 1. The van der Waals surface area contributed by atoms with E-state index in [0.29, 0.717) is 43.1 Å². The van der Waals surface area contributed by atoms with Gasteiger partial charge in [0.15, 0.2) is 11.5 Å². The van der Waals surface area contributed by atoms with Crippen LogP contribution in [-0.2, 0) is 20.4 Å². The lowest BCUT2D eigenvalue weighted by molar-refractivity contribution is -0.0329. The number of carbonyl (C=O) groups is 1. The summed E-state index contributed by atoms with van der Waals surface area (Å²) in [5.74, 6) is 0.662. The highest BCUT2D eigenvalue weighted by atomic mass is 32.2. The van der Waals surface area contributed by atoms with Crippen molar-refractivity contribution in [2.24, 2.45) is 0 Å². The van der Waals surface area contributed by atoms with Crippen molar-refractivity contribution in [2.45, 2.75) is 23.3 Å². The SMILES string of the molecule is O=C1OC2(CCN(S(=O)(=O)c3ccc4c(c3)OCCO4)CC2)c2ccccc21. The maximum Gasteiger partial charge on any atom is 0.339 e. The number of esters is 1. The molecule has 1 spiro atoms. The van der Waals surface area contributed by atoms with Crippen LogP contribution < -0.4 is 9.47 Å². The monoisotopic (exact) mass is 401 g/mol. The lowest BCUT2D eigenvalue weighted by atomic mass is 9.84. The smallest absolute Gasteiger partial charge is 0.339 e. The normalized spacial score (nSPS) is 20.6. The van der Waals surface area contributed by atoms with Crippen LogP contribution in [0.5, 0.6) is 11.5 Å². The summed E-state index contributed by atoms with van der Waals surface area (Å²) < 4.78 is 44.3. The number of benzene rings is 2. The van der Waals surface area contributed by atoms with Gasteiger partial charge in [-0.05, 0) is 18.2 Å². The number of rotatable bonds is 2. The van der Waals surface area contributed by atoms with Gasteiger partial charge in [0.1, 0.15) is 18.8 Å². The molecule has 0 radical (unpaired) electrons. The van der Waals surface area contributed by atoms with Gasteiger partial charge < -0.3 is 14.2 Å². The molecule has 0 aliphatic carbocycles. The van der Waals surface area contributed by atoms with E-state index in [-0.39, 0.29) is 24.0 Å². The molecule has 0 bridgehead atoms. The molecule has 5 rings (SSSR count). The number of sulfonamides is 1. The van der Waals surface area contributed by atoms with Gasteiger partial charge in [0.05, 0.1) is 10.5 Å². The minimum absolute atomic E-state index is 0.177. The summed E-state index contributed by atoms with van der Waals surface area (Å²) >= 11 is 0. The molecule has 1 fully saturated rings. The van der Waals surface area contributed by atoms with Crippen molar-refractivity contribution in [1.82, 2.24) is 4.31 Å². The average molecular weight is 401 g/mol. The van der Waals surface area contributed by atoms with E-state index in [0.717, 1.165) is 5.56 Å². The highest BCUT2D eigenvalue weighted by Crippen LogP contribution is 2.45. The number of hydrogen-bond acceptors (Lipinski definition) is 6. The van der Waals surface area contributed by atoms with Crippen LogP contribution in [-0.4, -0.2) is 45.0 Å². The lowest BCUT2D eigenvalue weighted by Gasteiger charge is -2.38. The minimum Gasteiger partial charge on any atom is -0.486 e. The van der Waals surface area contributed by atoms with Crippen molar-refractivity contribution >= 4 is 16.0 Å². The minimum atomic E-state index is -3.68. The molecule has 2 aromatic rings. The van der Waals surface area contributed by atoms with E-state index < -0.39 is 15.6 Å². The molecule has 1 saturated heterocycles. The second-order valence-electron chi connectivity index (χ2n) is 7.14. The summed E-state index contributed by atoms with van der Waals surface area (Å²) in [5, 5.41) is 0. The topological polar surface area (TPSA) is 82.1 Å². The van der Waals surface area contributed by atoms with Crippen molar-refractivity contribution in [3.8, 4) is 11.5 Å². The molecule has 146 valence electrons. The third-order valence-electron chi connectivity index (χ3n) is 5.61. The molecule has 0 N–H and O–H groups in total. The predicted octanol–water partition coefficient (Wildman–Crippen LogP) is 2.31. The fraction of sp³-hybridized carbons (Fsp3) is 0.350. The Hall–Kier alpha value is -2.58. The van der Waals surface area contributed by atoms with E-state index in [1.165, 1.54) is 16.4 Å². The quantitative estimate of drug-likeness (QED) is 0.719. The summed E-state index contributed by atoms with van der Waals surface area (Å²) in [5.41, 5.74) is 0.703. The molecule has 3 aliphatic heterocycles. The molecule has 3 aliphatic rings. The summed E-state index contributed by atoms with van der Waals surface area (Å²) in [4.78, 5) is 12.4. The van der Waals surface area contributed by atoms with E-state index in [4.69, 9.17) is 14.2 Å². The summed E-state index contributed by atoms with van der Waals surface area (Å²) in [7, 11) is -3.68. The fourth-order valence-corrected chi connectivity index (χ4v) is 5.60. The van der Waals surface area contributed by atoms with Gasteiger partial charge in [-0.15, -0.1) is 0 Å². The zero-order valence-corrected chi connectivity index (χ0v) is 15.9. The Bertz CT molecular complexity index is 1060. The Morgan fingerprint density at radius 1 is 0.929 bits per heavy atom. The molecule has 0 atom stereocenters. The van der Waals surface area contributed by atoms with Crippen molar-refractivity contribution in [3.05, 3.63) is 53.6 Å². The van der Waals surface area contributed by atoms with E-state index in [1.54, 1.807) is 18.2 Å². The second kappa shape index (κ2) is 6.22. The number of hydrogen-bond donors (Lipinski definition) is 0. The Labute approximate surface area is 162 Å². The molecule has 7 nitrogen and oxygen atoms in total. The fourth-order valence-electron chi connectivity index (χ4n) is 4.14. The zero-order chi connectivity index (χ0) is 19.4. The number of piperidine rings is 1. The van der Waals surface area contributed by atoms with Gasteiger partial charge in [0.2, 0.25) is 10.0 Å². The maximum absolute atomic E-state index is 13.1. The molecule has 0 amide bonds. The van der Waals surface area contributed by atoms with Crippen molar-refractivity contribution in [1.29, 1.82) is 0 Å². The first-order valence-corrected chi connectivity index (χ1v) is 10.7. The molecule has 0 aromatic heterocycles. The Morgan fingerprint density at radius 3 is 2.43 bits per heavy atom. The van der Waals surface area contributed by atoms with Crippen LogP contribution >= 0.6 is 0 Å². The van der Waals surface area contributed by atoms with Gasteiger partial charge in [0.25, 0.3) is 0 Å². The van der Waals surface area contributed by atoms with Gasteiger partial charge in [0, 0.05) is 37.6 Å². The van der Waals surface area contributed by atoms with Crippen molar-refractivity contribution in [3.63, 3.8) is 0 Å². The molecule has 8 heteroatoms. The van der Waals surface area contributed by atoms with Crippen LogP contribution in [0.4, 0.5) is 0 Å². The van der Waals surface area contributed by atoms with Gasteiger partial charge in [-0.25, -0.2) is 13.2 Å². The number of nitrogens with zero attached hydrogens (tertiary/aromatic N) is 1. The number of ether oxygens (including phenoxy) is 3. The third kappa shape index (κ3) is 2.59. The first-order valence-electron chi connectivity index (χ1n) is 9.22. The lowest BCUT2D eigenvalue weighted by Crippen LogP contribution is -2.45. The van der Waals surface area contributed by atoms with Gasteiger partial charge in [-0.1, -0.05) is 18.2 Å². The Morgan fingerprint density at radius 2 is 1.64 bits per heavy atom. The predicted molar refractivity (Wildman–Crippen MR) is 99.0 cm³/mol. The van der Waals surface area contributed by atoms with E-state index in [1.807, 2.05) is 12.1 Å². The highest BCUT2D eigenvalue weighted by Gasteiger charge is 2.48. The van der Waals surface area contributed by atoms with Crippen LogP contribution in [0.2, 0.25) is 0 Å². The molecular weight excluding hydrogens is 382 g/mol. The van der Waals surface area contributed by atoms with Crippen LogP contribution in [0.15, 0.2) is 47.4 Å². The molecule has 0 saturated carbocycles. The summed E-state index contributed by atoms with van der Waals surface area (Å²) in [6.07, 6.45) is 0.860. The van der Waals surface area contributed by atoms with E-state index >= 15 is 0 Å². The molecule has 2 aromatic carbocycles. The highest BCUT2D eigenvalue weighted by molar-refractivity contribution is 7.89. The molecule has 3 heterocycles. The van der Waals surface area contributed by atoms with Crippen molar-refractivity contribution in [2.75, 3.05) is 26.3 Å². The van der Waals surface area contributed by atoms with Gasteiger partial charge in [-0.3, -0.25) is 0 Å². The summed E-state index contributed by atoms with van der Waals surface area (Å²) in [6.45, 7) is 1.40. The second-order valence-corrected chi connectivity index (χ2v) is 9.08. The van der Waals surface area contributed by atoms with Crippen LogP contribution in [0.1, 0.15) is 28.8 Å².